The van der Waals surface area contributed by atoms with Gasteiger partial charge in [0, 0.05) is 6.07 Å². The number of aryl methyl sites for hydroxylation is 1. The van der Waals surface area contributed by atoms with E-state index in [0.717, 1.165) is 15.4 Å². The summed E-state index contributed by atoms with van der Waals surface area (Å²) in [5.74, 6) is 5.04. The summed E-state index contributed by atoms with van der Waals surface area (Å²) in [6.07, 6.45) is 0. The van der Waals surface area contributed by atoms with Crippen molar-refractivity contribution in [1.82, 2.24) is 14.5 Å². The summed E-state index contributed by atoms with van der Waals surface area (Å²) in [5.41, 5.74) is -0.794. The molecular weight excluding hydrogens is 253 g/mol. The molecule has 98 valence electrons. The summed E-state index contributed by atoms with van der Waals surface area (Å²) in [6.45, 7) is 1.51. The van der Waals surface area contributed by atoms with Gasteiger partial charge < -0.3 is 10.6 Å². The van der Waals surface area contributed by atoms with Crippen molar-refractivity contribution in [1.29, 1.82) is 5.26 Å². The second-order valence-corrected chi connectivity index (χ2v) is 3.73. The Bertz CT molecular complexity index is 741. The Morgan fingerprint density at radius 3 is 2.68 bits per heavy atom. The maximum Gasteiger partial charge on any atom is 0.369 e. The number of hydrogen-bond acceptors (Lipinski definition) is 5. The summed E-state index contributed by atoms with van der Waals surface area (Å²) in [7, 11) is 1.34. The van der Waals surface area contributed by atoms with Crippen molar-refractivity contribution in [3.63, 3.8) is 0 Å². The topological polar surface area (TPSA) is 98.9 Å². The largest absolute Gasteiger partial charge is 0.495 e. The van der Waals surface area contributed by atoms with Gasteiger partial charge in [-0.3, -0.25) is 0 Å². The molecule has 7 nitrogen and oxygen atoms in total. The fraction of sp³-hybridized carbons (Fsp3) is 0.182. The highest BCUT2D eigenvalue weighted by atomic mass is 19.1. The number of methoxy groups -OCH3 is 1. The Kier molecular flexibility index (Phi) is 2.96. The van der Waals surface area contributed by atoms with Gasteiger partial charge in [-0.05, 0) is 13.0 Å². The van der Waals surface area contributed by atoms with Crippen LogP contribution in [0.5, 0.6) is 5.75 Å². The van der Waals surface area contributed by atoms with Crippen LogP contribution in [-0.2, 0) is 0 Å². The molecule has 0 atom stereocenters. The number of halogens is 1. The molecule has 1 aromatic carbocycles. The average Bonchev–Trinajstić information content (AvgIpc) is 2.66. The Morgan fingerprint density at radius 2 is 2.21 bits per heavy atom. The highest BCUT2D eigenvalue weighted by Crippen LogP contribution is 2.23. The number of aromatic nitrogens is 3. The lowest BCUT2D eigenvalue weighted by atomic mass is 10.2. The summed E-state index contributed by atoms with van der Waals surface area (Å²) in [5, 5.41) is 12.7. The van der Waals surface area contributed by atoms with Gasteiger partial charge in [-0.15, -0.1) is 5.10 Å². The molecule has 8 heteroatoms. The number of hydrogen-bond donors (Lipinski definition) is 1. The summed E-state index contributed by atoms with van der Waals surface area (Å²) in [4.78, 5) is 11.8. The van der Waals surface area contributed by atoms with E-state index in [2.05, 4.69) is 5.10 Å². The van der Waals surface area contributed by atoms with E-state index in [1.165, 1.54) is 20.1 Å². The summed E-state index contributed by atoms with van der Waals surface area (Å²) in [6, 6.07) is 4.00. The number of ether oxygens (including phenoxy) is 1. The van der Waals surface area contributed by atoms with Crippen molar-refractivity contribution < 1.29 is 9.13 Å². The van der Waals surface area contributed by atoms with Gasteiger partial charge in [0.15, 0.2) is 11.6 Å². The van der Waals surface area contributed by atoms with Crippen LogP contribution in [0.15, 0.2) is 16.9 Å². The minimum absolute atomic E-state index is 0.0284. The lowest BCUT2D eigenvalue weighted by molar-refractivity contribution is 0.411. The third-order valence-electron chi connectivity index (χ3n) is 2.60. The zero-order valence-corrected chi connectivity index (χ0v) is 10.2. The first-order valence-electron chi connectivity index (χ1n) is 5.21. The molecule has 1 heterocycles. The fourth-order valence-corrected chi connectivity index (χ4v) is 1.59. The van der Waals surface area contributed by atoms with Gasteiger partial charge in [0.05, 0.1) is 12.7 Å². The van der Waals surface area contributed by atoms with Crippen LogP contribution in [0.3, 0.4) is 0 Å². The maximum atomic E-state index is 13.9. The zero-order valence-electron chi connectivity index (χ0n) is 10.2. The molecule has 1 aromatic heterocycles. The van der Waals surface area contributed by atoms with Gasteiger partial charge >= 0.3 is 5.69 Å². The van der Waals surface area contributed by atoms with Gasteiger partial charge in [-0.1, -0.05) is 0 Å². The molecule has 0 aliphatic heterocycles. The van der Waals surface area contributed by atoms with Crippen LogP contribution in [0.4, 0.5) is 4.39 Å². The Morgan fingerprint density at radius 1 is 1.53 bits per heavy atom. The number of nitriles is 1. The van der Waals surface area contributed by atoms with E-state index < -0.39 is 11.5 Å². The molecule has 0 unspecified atom stereocenters. The van der Waals surface area contributed by atoms with Crippen molar-refractivity contribution in [3.05, 3.63) is 39.8 Å². The Balaban J connectivity index is 2.73. The molecule has 19 heavy (non-hydrogen) atoms. The lowest BCUT2D eigenvalue weighted by Crippen LogP contribution is -2.29. The molecule has 2 N–H and O–H groups in total. The first-order valence-corrected chi connectivity index (χ1v) is 5.21. The molecule has 0 aliphatic carbocycles. The smallest absolute Gasteiger partial charge is 0.369 e. The number of nitrogens with two attached hydrogens (primary N) is 1. The molecule has 0 saturated heterocycles. The molecule has 0 spiro atoms. The zero-order chi connectivity index (χ0) is 14.2. The fourth-order valence-electron chi connectivity index (χ4n) is 1.59. The van der Waals surface area contributed by atoms with E-state index in [0.29, 0.717) is 0 Å². The van der Waals surface area contributed by atoms with Crippen LogP contribution in [0, 0.1) is 24.1 Å². The normalized spacial score (nSPS) is 10.2. The van der Waals surface area contributed by atoms with E-state index >= 15 is 0 Å². The van der Waals surface area contributed by atoms with Crippen LogP contribution in [-0.4, -0.2) is 21.6 Å². The minimum atomic E-state index is -0.766. The third kappa shape index (κ3) is 1.91. The molecule has 0 radical (unpaired) electrons. The molecule has 0 fully saturated rings. The van der Waals surface area contributed by atoms with Crippen molar-refractivity contribution in [3.8, 4) is 17.5 Å². The van der Waals surface area contributed by atoms with Gasteiger partial charge in [0.2, 0.25) is 0 Å². The predicted molar refractivity (Wildman–Crippen MR) is 63.9 cm³/mol. The Hall–Kier alpha value is -2.82. The molecule has 2 aromatic rings. The highest BCUT2D eigenvalue weighted by Gasteiger charge is 2.16. The van der Waals surface area contributed by atoms with E-state index in [4.69, 9.17) is 15.8 Å². The van der Waals surface area contributed by atoms with Gasteiger partial charge in [0.25, 0.3) is 0 Å². The highest BCUT2D eigenvalue weighted by molar-refractivity contribution is 5.50. The van der Waals surface area contributed by atoms with Gasteiger partial charge in [-0.25, -0.2) is 9.18 Å². The number of benzene rings is 1. The summed E-state index contributed by atoms with van der Waals surface area (Å²) >= 11 is 0. The molecule has 0 aliphatic rings. The van der Waals surface area contributed by atoms with Crippen LogP contribution >= 0.6 is 0 Å². The molecule has 0 saturated carbocycles. The third-order valence-corrected chi connectivity index (χ3v) is 2.60. The van der Waals surface area contributed by atoms with E-state index in [-0.39, 0.29) is 22.8 Å². The van der Waals surface area contributed by atoms with Gasteiger partial charge in [-0.2, -0.15) is 14.6 Å². The van der Waals surface area contributed by atoms with Crippen LogP contribution in [0.1, 0.15) is 11.4 Å². The number of rotatable bonds is 2. The van der Waals surface area contributed by atoms with Crippen LogP contribution in [0.2, 0.25) is 0 Å². The monoisotopic (exact) mass is 263 g/mol. The predicted octanol–water partition coefficient (Wildman–Crippen LogP) is 0.0756. The molecule has 0 amide bonds. The lowest BCUT2D eigenvalue weighted by Gasteiger charge is -2.06. The minimum Gasteiger partial charge on any atom is -0.495 e. The van der Waals surface area contributed by atoms with Crippen molar-refractivity contribution in [2.45, 2.75) is 6.92 Å². The molecular formula is C11H10FN5O2. The van der Waals surface area contributed by atoms with Crippen LogP contribution < -0.4 is 16.3 Å². The second-order valence-electron chi connectivity index (χ2n) is 3.73. The first kappa shape index (κ1) is 12.6. The summed E-state index contributed by atoms with van der Waals surface area (Å²) < 4.78 is 20.5. The van der Waals surface area contributed by atoms with Crippen LogP contribution in [0.25, 0.3) is 5.69 Å². The molecule has 2 rings (SSSR count). The Labute approximate surface area is 107 Å². The van der Waals surface area contributed by atoms with E-state index in [1.807, 2.05) is 0 Å². The maximum absolute atomic E-state index is 13.9. The first-order chi connectivity index (χ1) is 8.99. The molecule has 0 bridgehead atoms. The number of nitrogen functional groups attached to an aromatic ring is 1. The number of nitrogens with zero attached hydrogens (tertiary/aromatic N) is 4. The van der Waals surface area contributed by atoms with E-state index in [1.54, 1.807) is 6.07 Å². The van der Waals surface area contributed by atoms with Crippen molar-refractivity contribution in [2.75, 3.05) is 13.0 Å². The quantitative estimate of drug-likeness (QED) is 0.773. The van der Waals surface area contributed by atoms with Gasteiger partial charge in [0.1, 0.15) is 17.5 Å². The second kappa shape index (κ2) is 4.45. The van der Waals surface area contributed by atoms with Crippen molar-refractivity contribution >= 4 is 0 Å². The van der Waals surface area contributed by atoms with E-state index in [9.17, 15) is 9.18 Å². The SMILES string of the molecule is COc1cc(-n2nc(C)n(N)c2=O)c(F)cc1C#N. The van der Waals surface area contributed by atoms with Crippen molar-refractivity contribution in [2.24, 2.45) is 0 Å². The standard InChI is InChI=1S/C11H10FN5O2/c1-6-15-17(11(18)16(6)14)9-4-10(19-2)7(5-13)3-8(9)12/h3-4H,14H2,1-2H3. The average molecular weight is 263 g/mol.